The number of carbonyl (C=O) groups is 1. The molecule has 0 aliphatic rings. The molecule has 0 fully saturated rings. The first-order chi connectivity index (χ1) is 6.66. The minimum absolute atomic E-state index is 0.472. The summed E-state index contributed by atoms with van der Waals surface area (Å²) in [4.78, 5) is 10.1. The second-order valence-corrected chi connectivity index (χ2v) is 3.55. The average Bonchev–Trinajstić information content (AvgIpc) is 2.13. The van der Waals surface area contributed by atoms with Crippen LogP contribution in [0.5, 0.6) is 0 Å². The zero-order valence-electron chi connectivity index (χ0n) is 9.12. The maximum Gasteiger partial charge on any atom is 0.328 e. The fourth-order valence-corrected chi connectivity index (χ4v) is 1.23. The maximum absolute atomic E-state index is 10.1. The van der Waals surface area contributed by atoms with Gasteiger partial charge in [-0.05, 0) is 13.3 Å². The van der Waals surface area contributed by atoms with Gasteiger partial charge in [-0.3, -0.25) is 0 Å². The molecule has 0 aromatic carbocycles. The standard InChI is InChI=1S/C11H21NO2/c1-3-4-5-7-10(2)12-9-6-8-11(13)14/h6,8,10,12H,3-5,7,9H2,1-2H3,(H,13,14)/b8-6+. The Morgan fingerprint density at radius 3 is 2.79 bits per heavy atom. The van der Waals surface area contributed by atoms with E-state index in [1.54, 1.807) is 6.08 Å². The monoisotopic (exact) mass is 199 g/mol. The summed E-state index contributed by atoms with van der Waals surface area (Å²) >= 11 is 0. The lowest BCUT2D eigenvalue weighted by Gasteiger charge is -2.11. The Kier molecular flexibility index (Phi) is 8.24. The van der Waals surface area contributed by atoms with Crippen molar-refractivity contribution in [2.75, 3.05) is 6.54 Å². The molecular formula is C11H21NO2. The van der Waals surface area contributed by atoms with Gasteiger partial charge in [-0.2, -0.15) is 0 Å². The van der Waals surface area contributed by atoms with E-state index in [4.69, 9.17) is 5.11 Å². The minimum Gasteiger partial charge on any atom is -0.478 e. The van der Waals surface area contributed by atoms with Crippen LogP contribution in [0.2, 0.25) is 0 Å². The molecule has 0 spiro atoms. The largest absolute Gasteiger partial charge is 0.478 e. The molecule has 1 atom stereocenters. The van der Waals surface area contributed by atoms with E-state index in [0.717, 1.165) is 6.42 Å². The molecule has 3 nitrogen and oxygen atoms in total. The summed E-state index contributed by atoms with van der Waals surface area (Å²) in [7, 11) is 0. The zero-order chi connectivity index (χ0) is 10.8. The first kappa shape index (κ1) is 13.2. The van der Waals surface area contributed by atoms with Gasteiger partial charge in [0.1, 0.15) is 0 Å². The predicted octanol–water partition coefficient (Wildman–Crippen LogP) is 2.19. The van der Waals surface area contributed by atoms with E-state index >= 15 is 0 Å². The van der Waals surface area contributed by atoms with Gasteiger partial charge in [-0.1, -0.05) is 32.3 Å². The van der Waals surface area contributed by atoms with Crippen LogP contribution in [0, 0.1) is 0 Å². The first-order valence-electron chi connectivity index (χ1n) is 5.29. The normalized spacial score (nSPS) is 13.3. The van der Waals surface area contributed by atoms with Crippen molar-refractivity contribution in [1.29, 1.82) is 0 Å². The number of aliphatic carboxylic acids is 1. The molecule has 0 amide bonds. The van der Waals surface area contributed by atoms with E-state index in [9.17, 15) is 4.79 Å². The van der Waals surface area contributed by atoms with Crippen LogP contribution in [0.1, 0.15) is 39.5 Å². The highest BCUT2D eigenvalue weighted by Gasteiger charge is 1.98. The quantitative estimate of drug-likeness (QED) is 0.465. The zero-order valence-corrected chi connectivity index (χ0v) is 9.12. The molecule has 0 saturated carbocycles. The summed E-state index contributed by atoms with van der Waals surface area (Å²) < 4.78 is 0. The Morgan fingerprint density at radius 2 is 2.21 bits per heavy atom. The molecule has 0 saturated heterocycles. The van der Waals surface area contributed by atoms with Crippen molar-refractivity contribution >= 4 is 5.97 Å². The number of unbranched alkanes of at least 4 members (excludes halogenated alkanes) is 2. The molecule has 3 heteroatoms. The van der Waals surface area contributed by atoms with E-state index in [1.165, 1.54) is 25.3 Å². The lowest BCUT2D eigenvalue weighted by molar-refractivity contribution is -0.131. The fourth-order valence-electron chi connectivity index (χ4n) is 1.23. The molecule has 0 aliphatic carbocycles. The van der Waals surface area contributed by atoms with Crippen molar-refractivity contribution in [2.24, 2.45) is 0 Å². The minimum atomic E-state index is -0.884. The molecule has 2 N–H and O–H groups in total. The molecule has 14 heavy (non-hydrogen) atoms. The topological polar surface area (TPSA) is 49.3 Å². The van der Waals surface area contributed by atoms with Crippen LogP contribution in [-0.2, 0) is 4.79 Å². The molecule has 0 radical (unpaired) electrons. The molecule has 0 rings (SSSR count). The Balaban J connectivity index is 3.34. The fraction of sp³-hybridized carbons (Fsp3) is 0.727. The van der Waals surface area contributed by atoms with Gasteiger partial charge in [-0.15, -0.1) is 0 Å². The van der Waals surface area contributed by atoms with Gasteiger partial charge in [0.05, 0.1) is 0 Å². The molecule has 0 bridgehead atoms. The number of hydrogen-bond donors (Lipinski definition) is 2. The Morgan fingerprint density at radius 1 is 1.50 bits per heavy atom. The van der Waals surface area contributed by atoms with Gasteiger partial charge in [0.25, 0.3) is 0 Å². The summed E-state index contributed by atoms with van der Waals surface area (Å²) in [5.74, 6) is -0.884. The number of carboxylic acids is 1. The molecule has 0 heterocycles. The van der Waals surface area contributed by atoms with Gasteiger partial charge < -0.3 is 10.4 Å². The van der Waals surface area contributed by atoms with Crippen LogP contribution in [0.25, 0.3) is 0 Å². The van der Waals surface area contributed by atoms with Crippen LogP contribution in [-0.4, -0.2) is 23.7 Å². The van der Waals surface area contributed by atoms with Crippen LogP contribution >= 0.6 is 0 Å². The number of rotatable bonds is 8. The van der Waals surface area contributed by atoms with Crippen LogP contribution in [0.3, 0.4) is 0 Å². The van der Waals surface area contributed by atoms with Crippen LogP contribution in [0.15, 0.2) is 12.2 Å². The number of carboxylic acid groups (broad SMARTS) is 1. The Labute approximate surface area is 86.2 Å². The highest BCUT2D eigenvalue weighted by atomic mass is 16.4. The van der Waals surface area contributed by atoms with Crippen molar-refractivity contribution in [1.82, 2.24) is 5.32 Å². The second-order valence-electron chi connectivity index (χ2n) is 3.55. The Bertz CT molecular complexity index is 178. The molecule has 0 aromatic heterocycles. The van der Waals surface area contributed by atoms with E-state index in [-0.39, 0.29) is 0 Å². The third kappa shape index (κ3) is 9.26. The van der Waals surface area contributed by atoms with Crippen molar-refractivity contribution in [2.45, 2.75) is 45.6 Å². The molecular weight excluding hydrogens is 178 g/mol. The molecule has 1 unspecified atom stereocenters. The van der Waals surface area contributed by atoms with E-state index in [2.05, 4.69) is 19.2 Å². The lowest BCUT2D eigenvalue weighted by Crippen LogP contribution is -2.25. The first-order valence-corrected chi connectivity index (χ1v) is 5.29. The summed E-state index contributed by atoms with van der Waals surface area (Å²) in [5.41, 5.74) is 0. The lowest BCUT2D eigenvalue weighted by atomic mass is 10.1. The molecule has 82 valence electrons. The third-order valence-electron chi connectivity index (χ3n) is 2.09. The van der Waals surface area contributed by atoms with Gasteiger partial charge in [-0.25, -0.2) is 4.79 Å². The third-order valence-corrected chi connectivity index (χ3v) is 2.09. The van der Waals surface area contributed by atoms with E-state index in [1.807, 2.05) is 0 Å². The molecule has 0 aromatic rings. The van der Waals surface area contributed by atoms with Gasteiger partial charge >= 0.3 is 5.97 Å². The van der Waals surface area contributed by atoms with Gasteiger partial charge in [0.15, 0.2) is 0 Å². The van der Waals surface area contributed by atoms with E-state index in [0.29, 0.717) is 12.6 Å². The summed E-state index contributed by atoms with van der Waals surface area (Å²) in [6.45, 7) is 4.96. The number of hydrogen-bond acceptors (Lipinski definition) is 2. The average molecular weight is 199 g/mol. The SMILES string of the molecule is CCCCCC(C)NC/C=C/C(=O)O. The molecule has 0 aliphatic heterocycles. The Hall–Kier alpha value is -0.830. The maximum atomic E-state index is 10.1. The van der Waals surface area contributed by atoms with Crippen LogP contribution in [0.4, 0.5) is 0 Å². The highest BCUT2D eigenvalue weighted by molar-refractivity contribution is 5.79. The highest BCUT2D eigenvalue weighted by Crippen LogP contribution is 2.02. The van der Waals surface area contributed by atoms with Gasteiger partial charge in [0.2, 0.25) is 0 Å². The van der Waals surface area contributed by atoms with Crippen molar-refractivity contribution in [3.8, 4) is 0 Å². The van der Waals surface area contributed by atoms with E-state index < -0.39 is 5.97 Å². The number of nitrogens with one attached hydrogen (secondary N) is 1. The second kappa shape index (κ2) is 8.75. The van der Waals surface area contributed by atoms with Gasteiger partial charge in [0, 0.05) is 18.7 Å². The smallest absolute Gasteiger partial charge is 0.328 e. The summed E-state index contributed by atoms with van der Waals surface area (Å²) in [6.07, 6.45) is 7.73. The van der Waals surface area contributed by atoms with Crippen molar-refractivity contribution < 1.29 is 9.90 Å². The summed E-state index contributed by atoms with van der Waals surface area (Å²) in [6, 6.07) is 0.472. The van der Waals surface area contributed by atoms with Crippen molar-refractivity contribution in [3.63, 3.8) is 0 Å². The predicted molar refractivity (Wildman–Crippen MR) is 58.4 cm³/mol. The van der Waals surface area contributed by atoms with Crippen LogP contribution < -0.4 is 5.32 Å². The summed E-state index contributed by atoms with van der Waals surface area (Å²) in [5, 5.41) is 11.6. The van der Waals surface area contributed by atoms with Crippen molar-refractivity contribution in [3.05, 3.63) is 12.2 Å².